The monoisotopic (exact) mass is 322 g/mol. The summed E-state index contributed by atoms with van der Waals surface area (Å²) in [5, 5.41) is 7.34. The summed E-state index contributed by atoms with van der Waals surface area (Å²) >= 11 is 0. The molecule has 0 amide bonds. The number of nitrogens with zero attached hydrogens (tertiary/aromatic N) is 3. The lowest BCUT2D eigenvalue weighted by Crippen LogP contribution is -2.21. The fraction of sp³-hybridized carbons (Fsp3) is 0.316. The van der Waals surface area contributed by atoms with Gasteiger partial charge in [0.2, 0.25) is 0 Å². The molecule has 0 aliphatic carbocycles. The standard InChI is InChI=1S/C19H22N4O/c1-4-17(11-15-7-5-13(2)6-8-15)22-18-12-16(9-10-20-18)19-21-14(3)23-24-19/h5-10,12,17H,4,11H2,1-3H3,(H,20,22). The average Bonchev–Trinajstić information content (AvgIpc) is 3.03. The van der Waals surface area contributed by atoms with Crippen molar-refractivity contribution in [3.05, 3.63) is 59.5 Å². The smallest absolute Gasteiger partial charge is 0.258 e. The molecule has 0 spiro atoms. The van der Waals surface area contributed by atoms with Crippen LogP contribution in [0.15, 0.2) is 47.1 Å². The van der Waals surface area contributed by atoms with E-state index in [1.165, 1.54) is 11.1 Å². The maximum Gasteiger partial charge on any atom is 0.258 e. The third-order valence-electron chi connectivity index (χ3n) is 3.98. The molecule has 0 saturated heterocycles. The highest BCUT2D eigenvalue weighted by molar-refractivity contribution is 5.58. The summed E-state index contributed by atoms with van der Waals surface area (Å²) in [6.45, 7) is 6.09. The van der Waals surface area contributed by atoms with E-state index in [1.807, 2.05) is 19.1 Å². The normalized spacial score (nSPS) is 12.1. The highest BCUT2D eigenvalue weighted by atomic mass is 16.5. The molecule has 124 valence electrons. The van der Waals surface area contributed by atoms with Gasteiger partial charge in [-0.3, -0.25) is 0 Å². The average molecular weight is 322 g/mol. The SMILES string of the molecule is CCC(Cc1ccc(C)cc1)Nc1cc(-c2nc(C)no2)ccn1. The number of hydrogen-bond acceptors (Lipinski definition) is 5. The Kier molecular flexibility index (Phi) is 4.89. The predicted octanol–water partition coefficient (Wildman–Crippen LogP) is 4.18. The van der Waals surface area contributed by atoms with Gasteiger partial charge in [-0.15, -0.1) is 0 Å². The Labute approximate surface area is 142 Å². The van der Waals surface area contributed by atoms with Gasteiger partial charge in [0.1, 0.15) is 5.82 Å². The first kappa shape index (κ1) is 16.2. The molecule has 0 saturated carbocycles. The maximum absolute atomic E-state index is 5.23. The van der Waals surface area contributed by atoms with E-state index in [9.17, 15) is 0 Å². The van der Waals surface area contributed by atoms with E-state index in [1.54, 1.807) is 6.20 Å². The number of rotatable bonds is 6. The summed E-state index contributed by atoms with van der Waals surface area (Å²) in [6.07, 6.45) is 3.73. The lowest BCUT2D eigenvalue weighted by Gasteiger charge is -2.18. The van der Waals surface area contributed by atoms with Gasteiger partial charge in [-0.1, -0.05) is 41.9 Å². The third kappa shape index (κ3) is 3.98. The minimum Gasteiger partial charge on any atom is -0.367 e. The van der Waals surface area contributed by atoms with Gasteiger partial charge < -0.3 is 9.84 Å². The minimum absolute atomic E-state index is 0.319. The highest BCUT2D eigenvalue weighted by Crippen LogP contribution is 2.20. The highest BCUT2D eigenvalue weighted by Gasteiger charge is 2.11. The van der Waals surface area contributed by atoms with Gasteiger partial charge in [0.15, 0.2) is 5.82 Å². The molecule has 3 aromatic rings. The molecule has 1 aromatic carbocycles. The van der Waals surface area contributed by atoms with Crippen molar-refractivity contribution in [2.24, 2.45) is 0 Å². The van der Waals surface area contributed by atoms with Gasteiger partial charge in [0.05, 0.1) is 0 Å². The zero-order valence-electron chi connectivity index (χ0n) is 14.3. The van der Waals surface area contributed by atoms with E-state index in [-0.39, 0.29) is 0 Å². The zero-order chi connectivity index (χ0) is 16.9. The molecular weight excluding hydrogens is 300 g/mol. The van der Waals surface area contributed by atoms with E-state index in [4.69, 9.17) is 4.52 Å². The predicted molar refractivity (Wildman–Crippen MR) is 94.9 cm³/mol. The van der Waals surface area contributed by atoms with Crippen LogP contribution in [-0.2, 0) is 6.42 Å². The van der Waals surface area contributed by atoms with Crippen LogP contribution in [-0.4, -0.2) is 21.2 Å². The molecule has 1 N–H and O–H groups in total. The van der Waals surface area contributed by atoms with Crippen molar-refractivity contribution in [2.45, 2.75) is 39.7 Å². The van der Waals surface area contributed by atoms with Crippen molar-refractivity contribution in [3.8, 4) is 11.5 Å². The summed E-state index contributed by atoms with van der Waals surface area (Å²) in [6, 6.07) is 12.8. The summed E-state index contributed by atoms with van der Waals surface area (Å²) in [7, 11) is 0. The number of anilines is 1. The Morgan fingerprint density at radius 1 is 1.12 bits per heavy atom. The third-order valence-corrected chi connectivity index (χ3v) is 3.98. The van der Waals surface area contributed by atoms with E-state index in [2.05, 4.69) is 58.6 Å². The Morgan fingerprint density at radius 2 is 1.92 bits per heavy atom. The number of pyridine rings is 1. The first-order chi connectivity index (χ1) is 11.6. The number of benzene rings is 1. The second kappa shape index (κ2) is 7.25. The fourth-order valence-corrected chi connectivity index (χ4v) is 2.57. The van der Waals surface area contributed by atoms with Crippen molar-refractivity contribution in [3.63, 3.8) is 0 Å². The maximum atomic E-state index is 5.23. The van der Waals surface area contributed by atoms with Crippen LogP contribution in [0.1, 0.15) is 30.3 Å². The lowest BCUT2D eigenvalue weighted by molar-refractivity contribution is 0.425. The Morgan fingerprint density at radius 3 is 2.58 bits per heavy atom. The molecule has 1 unspecified atom stereocenters. The molecule has 3 rings (SSSR count). The van der Waals surface area contributed by atoms with Gasteiger partial charge in [-0.25, -0.2) is 4.98 Å². The van der Waals surface area contributed by atoms with Crippen LogP contribution in [0.25, 0.3) is 11.5 Å². The Hall–Kier alpha value is -2.69. The van der Waals surface area contributed by atoms with Crippen LogP contribution >= 0.6 is 0 Å². The molecule has 5 heteroatoms. The van der Waals surface area contributed by atoms with E-state index >= 15 is 0 Å². The van der Waals surface area contributed by atoms with Gasteiger partial charge in [-0.2, -0.15) is 4.98 Å². The molecule has 0 fully saturated rings. The lowest BCUT2D eigenvalue weighted by atomic mass is 10.0. The summed E-state index contributed by atoms with van der Waals surface area (Å²) < 4.78 is 5.23. The fourth-order valence-electron chi connectivity index (χ4n) is 2.57. The molecule has 2 heterocycles. The molecule has 5 nitrogen and oxygen atoms in total. The van der Waals surface area contributed by atoms with Gasteiger partial charge in [0, 0.05) is 17.8 Å². The van der Waals surface area contributed by atoms with Crippen molar-refractivity contribution < 1.29 is 4.52 Å². The molecule has 0 aliphatic heterocycles. The van der Waals surface area contributed by atoms with Crippen molar-refractivity contribution in [1.82, 2.24) is 15.1 Å². The summed E-state index contributed by atoms with van der Waals surface area (Å²) in [5.74, 6) is 1.97. The van der Waals surface area contributed by atoms with Crippen molar-refractivity contribution in [1.29, 1.82) is 0 Å². The van der Waals surface area contributed by atoms with Crippen molar-refractivity contribution in [2.75, 3.05) is 5.32 Å². The molecule has 0 aliphatic rings. The molecular formula is C19H22N4O. The second-order valence-electron chi connectivity index (χ2n) is 6.02. The van der Waals surface area contributed by atoms with Gasteiger partial charge in [-0.05, 0) is 44.4 Å². The van der Waals surface area contributed by atoms with Crippen LogP contribution in [0.4, 0.5) is 5.82 Å². The number of nitrogens with one attached hydrogen (secondary N) is 1. The van der Waals surface area contributed by atoms with E-state index in [0.29, 0.717) is 17.8 Å². The number of aryl methyl sites for hydroxylation is 2. The topological polar surface area (TPSA) is 63.8 Å². The Bertz CT molecular complexity index is 795. The van der Waals surface area contributed by atoms with E-state index in [0.717, 1.165) is 24.2 Å². The zero-order valence-corrected chi connectivity index (χ0v) is 14.3. The first-order valence-corrected chi connectivity index (χ1v) is 8.23. The number of aromatic nitrogens is 3. The largest absolute Gasteiger partial charge is 0.367 e. The van der Waals surface area contributed by atoms with Gasteiger partial charge >= 0.3 is 0 Å². The minimum atomic E-state index is 0.319. The van der Waals surface area contributed by atoms with Crippen LogP contribution in [0.3, 0.4) is 0 Å². The number of hydrogen-bond donors (Lipinski definition) is 1. The Balaban J connectivity index is 1.72. The summed E-state index contributed by atoms with van der Waals surface area (Å²) in [5.41, 5.74) is 3.48. The van der Waals surface area contributed by atoms with Crippen molar-refractivity contribution >= 4 is 5.82 Å². The van der Waals surface area contributed by atoms with Crippen LogP contribution in [0.5, 0.6) is 0 Å². The molecule has 0 radical (unpaired) electrons. The molecule has 1 atom stereocenters. The van der Waals surface area contributed by atoms with E-state index < -0.39 is 0 Å². The first-order valence-electron chi connectivity index (χ1n) is 8.23. The molecule has 0 bridgehead atoms. The van der Waals surface area contributed by atoms with Crippen LogP contribution < -0.4 is 5.32 Å². The van der Waals surface area contributed by atoms with Gasteiger partial charge in [0.25, 0.3) is 5.89 Å². The molecule has 24 heavy (non-hydrogen) atoms. The molecule has 2 aromatic heterocycles. The quantitative estimate of drug-likeness (QED) is 0.737. The van der Waals surface area contributed by atoms with Crippen LogP contribution in [0, 0.1) is 13.8 Å². The second-order valence-corrected chi connectivity index (χ2v) is 6.02. The summed E-state index contributed by atoms with van der Waals surface area (Å²) in [4.78, 5) is 8.68. The van der Waals surface area contributed by atoms with Crippen LogP contribution in [0.2, 0.25) is 0 Å².